The van der Waals surface area contributed by atoms with Crippen molar-refractivity contribution in [1.82, 2.24) is 4.90 Å². The van der Waals surface area contributed by atoms with Crippen molar-refractivity contribution in [3.8, 4) is 11.5 Å². The predicted octanol–water partition coefficient (Wildman–Crippen LogP) is 3.50. The summed E-state index contributed by atoms with van der Waals surface area (Å²) in [5, 5.41) is 19.5. The molecule has 0 fully saturated rings. The summed E-state index contributed by atoms with van der Waals surface area (Å²) in [6, 6.07) is -1.07. The van der Waals surface area contributed by atoms with Gasteiger partial charge in [-0.1, -0.05) is 19.4 Å². The molecule has 164 valence electrons. The molecule has 0 spiro atoms. The smallest absolute Gasteiger partial charge is 0.340 e. The Bertz CT molecular complexity index is 897. The van der Waals surface area contributed by atoms with Crippen molar-refractivity contribution in [1.29, 1.82) is 0 Å². The van der Waals surface area contributed by atoms with Gasteiger partial charge < -0.3 is 24.6 Å². The van der Waals surface area contributed by atoms with E-state index in [1.54, 1.807) is 6.92 Å². The van der Waals surface area contributed by atoms with Crippen LogP contribution in [0.1, 0.15) is 66.0 Å². The summed E-state index contributed by atoms with van der Waals surface area (Å²) in [6.07, 6.45) is 2.11. The lowest BCUT2D eigenvalue weighted by molar-refractivity contribution is -0.143. The number of aromatic carboxylic acids is 1. The topological polar surface area (TPSA) is 113 Å². The van der Waals surface area contributed by atoms with E-state index < -0.39 is 23.9 Å². The van der Waals surface area contributed by atoms with Gasteiger partial charge in [0.05, 0.1) is 19.2 Å². The Balaban J connectivity index is 2.68. The Labute approximate surface area is 176 Å². The summed E-state index contributed by atoms with van der Waals surface area (Å²) in [7, 11) is 1.33. The standard InChI is InChI=1S/C22H29NO7/c1-11(2)7-8-30-18-13(5)19(29-6)17(22(27)28)16-14(18)10-23(20(16)24)15(21(25)26)9-12(3)4/h7,12,15H,8-10H2,1-6H3,(H,25,26)(H,27,28)/t15-/m0/s1. The van der Waals surface area contributed by atoms with E-state index in [0.717, 1.165) is 5.57 Å². The van der Waals surface area contributed by atoms with Crippen LogP contribution in [-0.4, -0.2) is 52.7 Å². The van der Waals surface area contributed by atoms with Gasteiger partial charge in [0.15, 0.2) is 0 Å². The van der Waals surface area contributed by atoms with Crippen molar-refractivity contribution in [2.75, 3.05) is 13.7 Å². The van der Waals surface area contributed by atoms with Crippen LogP contribution in [0, 0.1) is 12.8 Å². The van der Waals surface area contributed by atoms with E-state index in [9.17, 15) is 24.6 Å². The molecule has 1 aromatic carbocycles. The minimum atomic E-state index is -1.31. The third-order valence-electron chi connectivity index (χ3n) is 5.03. The van der Waals surface area contributed by atoms with Gasteiger partial charge in [-0.15, -0.1) is 0 Å². The maximum Gasteiger partial charge on any atom is 0.340 e. The zero-order valence-corrected chi connectivity index (χ0v) is 18.2. The van der Waals surface area contributed by atoms with Crippen molar-refractivity contribution >= 4 is 17.8 Å². The number of hydrogen-bond donors (Lipinski definition) is 2. The Morgan fingerprint density at radius 2 is 1.83 bits per heavy atom. The first kappa shape index (κ1) is 23.3. The van der Waals surface area contributed by atoms with E-state index in [1.807, 2.05) is 33.8 Å². The zero-order chi connectivity index (χ0) is 22.7. The number of allylic oxidation sites excluding steroid dienone is 1. The molecule has 0 bridgehead atoms. The zero-order valence-electron chi connectivity index (χ0n) is 18.2. The number of nitrogens with zero attached hydrogens (tertiary/aromatic N) is 1. The number of fused-ring (bicyclic) bond motifs is 1. The lowest BCUT2D eigenvalue weighted by Gasteiger charge is -2.25. The first-order valence-electron chi connectivity index (χ1n) is 9.77. The number of carbonyl (C=O) groups is 3. The Hall–Kier alpha value is -3.03. The molecule has 0 unspecified atom stereocenters. The summed E-state index contributed by atoms with van der Waals surface area (Å²) < 4.78 is 11.2. The van der Waals surface area contributed by atoms with Crippen LogP contribution in [0.5, 0.6) is 11.5 Å². The molecule has 0 aromatic heterocycles. The first-order chi connectivity index (χ1) is 14.0. The number of carboxylic acid groups (broad SMARTS) is 2. The quantitative estimate of drug-likeness (QED) is 0.589. The molecule has 2 rings (SSSR count). The monoisotopic (exact) mass is 419 g/mol. The van der Waals surface area contributed by atoms with Gasteiger partial charge >= 0.3 is 11.9 Å². The fraction of sp³-hybridized carbons (Fsp3) is 0.500. The van der Waals surface area contributed by atoms with Gasteiger partial charge in [-0.2, -0.15) is 0 Å². The van der Waals surface area contributed by atoms with Gasteiger partial charge in [0.25, 0.3) is 5.91 Å². The lowest BCUT2D eigenvalue weighted by Crippen LogP contribution is -2.42. The number of hydrogen-bond acceptors (Lipinski definition) is 5. The molecule has 8 heteroatoms. The molecule has 1 heterocycles. The average Bonchev–Trinajstić information content (AvgIpc) is 2.96. The summed E-state index contributed by atoms with van der Waals surface area (Å²) in [5.74, 6) is -2.65. The third kappa shape index (κ3) is 4.42. The van der Waals surface area contributed by atoms with E-state index in [-0.39, 0.29) is 42.4 Å². The highest BCUT2D eigenvalue weighted by Gasteiger charge is 2.43. The Morgan fingerprint density at radius 1 is 1.20 bits per heavy atom. The number of carboxylic acids is 2. The molecule has 0 radical (unpaired) electrons. The number of amides is 1. The van der Waals surface area contributed by atoms with E-state index >= 15 is 0 Å². The van der Waals surface area contributed by atoms with Crippen molar-refractivity contribution in [3.05, 3.63) is 33.9 Å². The second kappa shape index (κ2) is 9.19. The highest BCUT2D eigenvalue weighted by Crippen LogP contribution is 2.44. The van der Waals surface area contributed by atoms with Crippen LogP contribution in [0.2, 0.25) is 0 Å². The normalized spacial score (nSPS) is 13.8. The molecule has 1 aromatic rings. The molecule has 1 aliphatic heterocycles. The Kier molecular flexibility index (Phi) is 7.12. The van der Waals surface area contributed by atoms with Gasteiger partial charge in [0, 0.05) is 11.1 Å². The van der Waals surface area contributed by atoms with E-state index in [0.29, 0.717) is 16.9 Å². The summed E-state index contributed by atoms with van der Waals surface area (Å²) in [4.78, 5) is 38.4. The highest BCUT2D eigenvalue weighted by molar-refractivity contribution is 6.11. The summed E-state index contributed by atoms with van der Waals surface area (Å²) in [6.45, 7) is 9.44. The van der Waals surface area contributed by atoms with Crippen LogP contribution >= 0.6 is 0 Å². The molecular formula is C22H29NO7. The minimum absolute atomic E-state index is 0.0335. The Morgan fingerprint density at radius 3 is 2.30 bits per heavy atom. The highest BCUT2D eigenvalue weighted by atomic mass is 16.5. The van der Waals surface area contributed by atoms with Crippen molar-refractivity contribution in [2.24, 2.45) is 5.92 Å². The van der Waals surface area contributed by atoms with Crippen molar-refractivity contribution in [2.45, 2.75) is 53.6 Å². The van der Waals surface area contributed by atoms with Crippen LogP contribution in [0.3, 0.4) is 0 Å². The number of carbonyl (C=O) groups excluding carboxylic acids is 1. The molecule has 30 heavy (non-hydrogen) atoms. The van der Waals surface area contributed by atoms with Crippen LogP contribution in [0.15, 0.2) is 11.6 Å². The van der Waals surface area contributed by atoms with Gasteiger partial charge in [-0.25, -0.2) is 9.59 Å². The SMILES string of the molecule is COc1c(C)c(OCC=C(C)C)c2c(c1C(=O)O)C(=O)N([C@@H](CC(C)C)C(=O)O)C2. The number of methoxy groups -OCH3 is 1. The minimum Gasteiger partial charge on any atom is -0.495 e. The van der Waals surface area contributed by atoms with Crippen LogP contribution < -0.4 is 9.47 Å². The van der Waals surface area contributed by atoms with Gasteiger partial charge in [0.2, 0.25) is 0 Å². The molecule has 0 saturated carbocycles. The molecule has 1 amide bonds. The molecule has 0 saturated heterocycles. The van der Waals surface area contributed by atoms with Gasteiger partial charge in [-0.05, 0) is 39.2 Å². The largest absolute Gasteiger partial charge is 0.495 e. The molecule has 1 atom stereocenters. The fourth-order valence-corrected chi connectivity index (χ4v) is 3.67. The molecule has 1 aliphatic rings. The van der Waals surface area contributed by atoms with Gasteiger partial charge in [-0.3, -0.25) is 4.79 Å². The fourth-order valence-electron chi connectivity index (χ4n) is 3.67. The number of benzene rings is 1. The third-order valence-corrected chi connectivity index (χ3v) is 5.03. The van der Waals surface area contributed by atoms with E-state index in [1.165, 1.54) is 12.0 Å². The molecular weight excluding hydrogens is 390 g/mol. The summed E-state index contributed by atoms with van der Waals surface area (Å²) >= 11 is 0. The molecule has 0 aliphatic carbocycles. The van der Waals surface area contributed by atoms with E-state index in [4.69, 9.17) is 9.47 Å². The van der Waals surface area contributed by atoms with Gasteiger partial charge in [0.1, 0.15) is 29.7 Å². The maximum absolute atomic E-state index is 13.2. The second-order valence-electron chi connectivity index (χ2n) is 8.03. The maximum atomic E-state index is 13.2. The van der Waals surface area contributed by atoms with Crippen LogP contribution in [-0.2, 0) is 11.3 Å². The van der Waals surface area contributed by atoms with E-state index in [2.05, 4.69) is 0 Å². The molecule has 2 N–H and O–H groups in total. The van der Waals surface area contributed by atoms with Crippen molar-refractivity contribution < 1.29 is 34.1 Å². The lowest BCUT2D eigenvalue weighted by atomic mass is 9.96. The number of aliphatic carboxylic acids is 1. The second-order valence-corrected chi connectivity index (χ2v) is 8.03. The molecule has 8 nitrogen and oxygen atoms in total. The predicted molar refractivity (Wildman–Crippen MR) is 110 cm³/mol. The first-order valence-corrected chi connectivity index (χ1v) is 9.77. The average molecular weight is 419 g/mol. The van der Waals surface area contributed by atoms with Crippen LogP contribution in [0.25, 0.3) is 0 Å². The van der Waals surface area contributed by atoms with Crippen molar-refractivity contribution in [3.63, 3.8) is 0 Å². The summed E-state index contributed by atoms with van der Waals surface area (Å²) in [5.41, 5.74) is 1.56. The number of ether oxygens (including phenoxy) is 2. The van der Waals surface area contributed by atoms with Crippen LogP contribution in [0.4, 0.5) is 0 Å². The number of rotatable bonds is 9.